The van der Waals surface area contributed by atoms with Gasteiger partial charge in [-0.2, -0.15) is 0 Å². The minimum absolute atomic E-state index is 0.500. The lowest BCUT2D eigenvalue weighted by molar-refractivity contribution is 0.469. The Hall–Kier alpha value is -2.60. The number of rotatable bonds is 0. The molecule has 0 N–H and O–H groups in total. The molecule has 0 radical (unpaired) electrons. The smallest absolute Gasteiger partial charge is 0.00203 e. The fourth-order valence-corrected chi connectivity index (χ4v) is 3.56. The second kappa shape index (κ2) is 5.74. The Kier molecular flexibility index (Phi) is 3.65. The maximum Gasteiger partial charge on any atom is -0.00203 e. The first-order chi connectivity index (χ1) is 11.9. The van der Waals surface area contributed by atoms with Crippen LogP contribution >= 0.6 is 0 Å². The van der Waals surface area contributed by atoms with Crippen LogP contribution in [0.4, 0.5) is 0 Å². The maximum atomic E-state index is 2.25. The van der Waals surface area contributed by atoms with Crippen LogP contribution in [-0.2, 0) is 0 Å². The lowest BCUT2D eigenvalue weighted by Crippen LogP contribution is -1.93. The Labute approximate surface area is 149 Å². The van der Waals surface area contributed by atoms with Crippen LogP contribution in [0.5, 0.6) is 0 Å². The van der Waals surface area contributed by atoms with Crippen molar-refractivity contribution < 1.29 is 0 Å². The largest absolute Gasteiger partial charge is 0.0616 e. The van der Waals surface area contributed by atoms with E-state index in [1.807, 2.05) is 0 Å². The fourth-order valence-electron chi connectivity index (χ4n) is 3.56. The second-order valence-electron chi connectivity index (χ2n) is 8.42. The van der Waals surface area contributed by atoms with Gasteiger partial charge >= 0.3 is 0 Å². The minimum Gasteiger partial charge on any atom is -0.0616 e. The first-order valence-corrected chi connectivity index (χ1v) is 8.98. The third-order valence-corrected chi connectivity index (χ3v) is 4.39. The number of benzene rings is 5. The Bertz CT molecular complexity index is 1080. The van der Waals surface area contributed by atoms with Gasteiger partial charge in [0.1, 0.15) is 0 Å². The molecule has 0 aliphatic rings. The molecule has 0 heteroatoms. The molecule has 0 spiro atoms. The molecule has 0 saturated heterocycles. The summed E-state index contributed by atoms with van der Waals surface area (Å²) in [6.45, 7) is 8.75. The molecule has 25 heavy (non-hydrogen) atoms. The van der Waals surface area contributed by atoms with Crippen LogP contribution < -0.4 is 0 Å². The maximum absolute atomic E-state index is 2.25. The van der Waals surface area contributed by atoms with Gasteiger partial charge in [0.15, 0.2) is 0 Å². The van der Waals surface area contributed by atoms with E-state index in [1.54, 1.807) is 0 Å². The molecule has 124 valence electrons. The van der Waals surface area contributed by atoms with E-state index in [9.17, 15) is 0 Å². The monoisotopic (exact) mass is 324 g/mol. The highest BCUT2D eigenvalue weighted by molar-refractivity contribution is 6.33. The van der Waals surface area contributed by atoms with Gasteiger partial charge in [0.2, 0.25) is 0 Å². The highest BCUT2D eigenvalue weighted by Gasteiger charge is 2.11. The normalized spacial score (nSPS) is 12.0. The van der Waals surface area contributed by atoms with Crippen molar-refractivity contribution >= 4 is 43.1 Å². The van der Waals surface area contributed by atoms with Crippen molar-refractivity contribution in [3.63, 3.8) is 0 Å². The first-order valence-electron chi connectivity index (χ1n) is 8.98. The molecule has 0 saturated carbocycles. The zero-order chi connectivity index (χ0) is 17.6. The molecule has 0 aromatic heterocycles. The third-order valence-electron chi connectivity index (χ3n) is 4.39. The second-order valence-corrected chi connectivity index (χ2v) is 8.42. The summed E-state index contributed by atoms with van der Waals surface area (Å²) in [5.74, 6) is 0. The molecule has 0 fully saturated rings. The zero-order valence-electron chi connectivity index (χ0n) is 15.4. The molecule has 5 aromatic rings. The standard InChI is InChI=1S/C20H12.C5H12/c1-2-8-16-15(7-1)17-9-3-5-13-11-12-14-6-4-10-18(16)20(14)19(13)17;1-5(2,3)4/h1-12H;1-4H3. The molecule has 0 bridgehead atoms. The van der Waals surface area contributed by atoms with E-state index in [0.717, 1.165) is 0 Å². The predicted molar refractivity (Wildman–Crippen MR) is 113 cm³/mol. The van der Waals surface area contributed by atoms with E-state index in [4.69, 9.17) is 0 Å². The molecule has 0 unspecified atom stereocenters. The van der Waals surface area contributed by atoms with Crippen molar-refractivity contribution in [1.29, 1.82) is 0 Å². The average Bonchev–Trinajstić information content (AvgIpc) is 2.59. The fraction of sp³-hybridized carbons (Fsp3) is 0.200. The van der Waals surface area contributed by atoms with Crippen molar-refractivity contribution in [2.24, 2.45) is 5.41 Å². The van der Waals surface area contributed by atoms with Gasteiger partial charge in [-0.15, -0.1) is 0 Å². The van der Waals surface area contributed by atoms with Crippen LogP contribution in [0, 0.1) is 5.41 Å². The van der Waals surface area contributed by atoms with Crippen LogP contribution in [0.2, 0.25) is 0 Å². The Balaban J connectivity index is 0.000000280. The molecular formula is C25H24. The van der Waals surface area contributed by atoms with E-state index in [0.29, 0.717) is 5.41 Å². The first kappa shape index (κ1) is 15.9. The van der Waals surface area contributed by atoms with Gasteiger partial charge in [-0.1, -0.05) is 100 Å². The third kappa shape index (κ3) is 2.82. The van der Waals surface area contributed by atoms with E-state index >= 15 is 0 Å². The number of hydrogen-bond donors (Lipinski definition) is 0. The Morgan fingerprint density at radius 3 is 1.20 bits per heavy atom. The topological polar surface area (TPSA) is 0 Å². The predicted octanol–water partition coefficient (Wildman–Crippen LogP) is 7.79. The van der Waals surface area contributed by atoms with Gasteiger partial charge in [0.25, 0.3) is 0 Å². The molecule has 5 aromatic carbocycles. The van der Waals surface area contributed by atoms with E-state index < -0.39 is 0 Å². The van der Waals surface area contributed by atoms with Crippen molar-refractivity contribution in [2.75, 3.05) is 0 Å². The molecule has 0 heterocycles. The summed E-state index contributed by atoms with van der Waals surface area (Å²) in [4.78, 5) is 0. The summed E-state index contributed by atoms with van der Waals surface area (Å²) >= 11 is 0. The average molecular weight is 324 g/mol. The van der Waals surface area contributed by atoms with Gasteiger partial charge in [0, 0.05) is 0 Å². The van der Waals surface area contributed by atoms with Gasteiger partial charge in [-0.3, -0.25) is 0 Å². The van der Waals surface area contributed by atoms with Gasteiger partial charge in [-0.25, -0.2) is 0 Å². The summed E-state index contributed by atoms with van der Waals surface area (Å²) in [5.41, 5.74) is 0.500. The van der Waals surface area contributed by atoms with Gasteiger partial charge in [0.05, 0.1) is 0 Å². The summed E-state index contributed by atoms with van der Waals surface area (Å²) in [5, 5.41) is 10.9. The number of hydrogen-bond acceptors (Lipinski definition) is 0. The van der Waals surface area contributed by atoms with E-state index in [1.165, 1.54) is 43.1 Å². The molecule has 0 nitrogen and oxygen atoms in total. The minimum atomic E-state index is 0.500. The summed E-state index contributed by atoms with van der Waals surface area (Å²) in [6.07, 6.45) is 0. The quantitative estimate of drug-likeness (QED) is 0.201. The summed E-state index contributed by atoms with van der Waals surface area (Å²) in [7, 11) is 0. The van der Waals surface area contributed by atoms with Crippen molar-refractivity contribution in [3.05, 3.63) is 72.8 Å². The lowest BCUT2D eigenvalue weighted by atomic mass is 9.89. The highest BCUT2D eigenvalue weighted by atomic mass is 14.1. The van der Waals surface area contributed by atoms with E-state index in [-0.39, 0.29) is 0 Å². The molecule has 5 rings (SSSR count). The Morgan fingerprint density at radius 1 is 0.440 bits per heavy atom. The zero-order valence-corrected chi connectivity index (χ0v) is 15.4. The van der Waals surface area contributed by atoms with Crippen LogP contribution in [0.3, 0.4) is 0 Å². The van der Waals surface area contributed by atoms with Gasteiger partial charge in [-0.05, 0) is 48.5 Å². The van der Waals surface area contributed by atoms with Crippen LogP contribution in [0.25, 0.3) is 43.1 Å². The van der Waals surface area contributed by atoms with Crippen molar-refractivity contribution in [1.82, 2.24) is 0 Å². The highest BCUT2D eigenvalue weighted by Crippen LogP contribution is 2.40. The summed E-state index contributed by atoms with van der Waals surface area (Å²) < 4.78 is 0. The molecule has 0 atom stereocenters. The Morgan fingerprint density at radius 2 is 0.800 bits per heavy atom. The van der Waals surface area contributed by atoms with Crippen molar-refractivity contribution in [3.8, 4) is 0 Å². The van der Waals surface area contributed by atoms with E-state index in [2.05, 4.69) is 100 Å². The SMILES string of the molecule is CC(C)(C)C.c1ccc2c(c1)c1cccc3ccc4cccc2c4c31. The van der Waals surface area contributed by atoms with Crippen LogP contribution in [0.1, 0.15) is 27.7 Å². The number of fused-ring (bicyclic) bond motifs is 3. The summed E-state index contributed by atoms with van der Waals surface area (Å²) in [6, 6.07) is 26.4. The lowest BCUT2D eigenvalue weighted by Gasteiger charge is -2.14. The molecule has 0 amide bonds. The molecule has 0 aliphatic heterocycles. The molecule has 0 aliphatic carbocycles. The van der Waals surface area contributed by atoms with Crippen molar-refractivity contribution in [2.45, 2.75) is 27.7 Å². The molecular weight excluding hydrogens is 300 g/mol. The van der Waals surface area contributed by atoms with Crippen LogP contribution in [0.15, 0.2) is 72.8 Å². The van der Waals surface area contributed by atoms with Crippen LogP contribution in [-0.4, -0.2) is 0 Å². The van der Waals surface area contributed by atoms with Gasteiger partial charge < -0.3 is 0 Å².